The van der Waals surface area contributed by atoms with Gasteiger partial charge in [0.05, 0.1) is 0 Å². The Kier molecular flexibility index (Phi) is 9.89. The Hall–Kier alpha value is -8.72. The van der Waals surface area contributed by atoms with Gasteiger partial charge in [0.2, 0.25) is 0 Å². The molecule has 310 valence electrons. The van der Waals surface area contributed by atoms with Crippen molar-refractivity contribution < 1.29 is 4.42 Å². The number of nitrogens with zero attached hydrogens (tertiary/aromatic N) is 1. The molecule has 0 atom stereocenters. The van der Waals surface area contributed by atoms with E-state index >= 15 is 0 Å². The van der Waals surface area contributed by atoms with Crippen LogP contribution >= 0.6 is 0 Å². The molecular formula is C64H43NO. The van der Waals surface area contributed by atoms with Crippen LogP contribution in [0.2, 0.25) is 0 Å². The topological polar surface area (TPSA) is 16.4 Å². The molecule has 2 heteroatoms. The highest BCUT2D eigenvalue weighted by Gasteiger charge is 2.17. The average molecular weight is 842 g/mol. The predicted molar refractivity (Wildman–Crippen MR) is 279 cm³/mol. The van der Waals surface area contributed by atoms with Crippen molar-refractivity contribution in [1.82, 2.24) is 0 Å². The summed E-state index contributed by atoms with van der Waals surface area (Å²) in [5, 5.41) is 4.78. The minimum atomic E-state index is 0.897. The first kappa shape index (κ1) is 38.9. The van der Waals surface area contributed by atoms with Crippen LogP contribution in [-0.4, -0.2) is 0 Å². The van der Waals surface area contributed by atoms with E-state index in [0.717, 1.165) is 55.7 Å². The molecule has 0 saturated heterocycles. The van der Waals surface area contributed by atoms with Gasteiger partial charge in [-0.2, -0.15) is 0 Å². The van der Waals surface area contributed by atoms with Gasteiger partial charge in [0, 0.05) is 27.8 Å². The van der Waals surface area contributed by atoms with Crippen molar-refractivity contribution in [3.8, 4) is 66.8 Å². The lowest BCUT2D eigenvalue weighted by atomic mass is 9.96. The maximum Gasteiger partial charge on any atom is 0.136 e. The Morgan fingerprint density at radius 3 is 1.36 bits per heavy atom. The van der Waals surface area contributed by atoms with E-state index in [1.165, 1.54) is 60.8 Å². The van der Waals surface area contributed by atoms with Crippen LogP contribution in [0.4, 0.5) is 17.1 Å². The lowest BCUT2D eigenvalue weighted by molar-refractivity contribution is 0.669. The molecule has 0 fully saturated rings. The fraction of sp³-hybridized carbons (Fsp3) is 0. The van der Waals surface area contributed by atoms with Crippen LogP contribution in [0.25, 0.3) is 99.5 Å². The number of anilines is 3. The molecule has 0 amide bonds. The second-order valence-electron chi connectivity index (χ2n) is 16.9. The number of hydrogen-bond donors (Lipinski definition) is 0. The molecular weight excluding hydrogens is 799 g/mol. The Morgan fingerprint density at radius 2 is 0.682 bits per heavy atom. The van der Waals surface area contributed by atoms with Gasteiger partial charge >= 0.3 is 0 Å². The quantitative estimate of drug-likeness (QED) is 0.144. The number of fused-ring (bicyclic) bond motifs is 4. The third-order valence-electron chi connectivity index (χ3n) is 12.9. The first-order chi connectivity index (χ1) is 32.7. The first-order valence-electron chi connectivity index (χ1n) is 22.6. The Bertz CT molecular complexity index is 3660. The SMILES string of the molecule is c1ccc(-c2ccc(-c3cccc(N(c4ccc(-c5ccc(-c6cccc(-c7ccc8ccccc8c7)c6)cc5)cc4)c4ccc(-c5cccc6oc7ccccc7c56)cc4)c3)cc2)cc1. The van der Waals surface area contributed by atoms with E-state index in [1.807, 2.05) is 12.1 Å². The highest BCUT2D eigenvalue weighted by atomic mass is 16.3. The summed E-state index contributed by atoms with van der Waals surface area (Å²) in [6.07, 6.45) is 0. The molecule has 0 bridgehead atoms. The molecule has 12 aromatic rings. The smallest absolute Gasteiger partial charge is 0.136 e. The highest BCUT2D eigenvalue weighted by molar-refractivity contribution is 6.12. The fourth-order valence-electron chi connectivity index (χ4n) is 9.47. The summed E-state index contributed by atoms with van der Waals surface area (Å²) in [7, 11) is 0. The zero-order valence-electron chi connectivity index (χ0n) is 36.2. The minimum Gasteiger partial charge on any atom is -0.456 e. The van der Waals surface area contributed by atoms with Crippen molar-refractivity contribution in [3.63, 3.8) is 0 Å². The number of hydrogen-bond acceptors (Lipinski definition) is 2. The van der Waals surface area contributed by atoms with E-state index in [1.54, 1.807) is 0 Å². The molecule has 0 saturated carbocycles. The summed E-state index contributed by atoms with van der Waals surface area (Å²) < 4.78 is 6.26. The van der Waals surface area contributed by atoms with Crippen LogP contribution in [0, 0.1) is 0 Å². The monoisotopic (exact) mass is 841 g/mol. The Balaban J connectivity index is 0.872. The summed E-state index contributed by atoms with van der Waals surface area (Å²) in [5.74, 6) is 0. The molecule has 11 aromatic carbocycles. The molecule has 0 aliphatic carbocycles. The summed E-state index contributed by atoms with van der Waals surface area (Å²) >= 11 is 0. The molecule has 0 unspecified atom stereocenters. The van der Waals surface area contributed by atoms with Crippen molar-refractivity contribution in [2.24, 2.45) is 0 Å². The number of benzene rings is 11. The van der Waals surface area contributed by atoms with Gasteiger partial charge in [-0.25, -0.2) is 0 Å². The maximum absolute atomic E-state index is 6.26. The van der Waals surface area contributed by atoms with Crippen LogP contribution in [0.3, 0.4) is 0 Å². The summed E-state index contributed by atoms with van der Waals surface area (Å²) in [6.45, 7) is 0. The zero-order valence-corrected chi connectivity index (χ0v) is 36.2. The standard InChI is InChI=1S/C64H43NO/c1-2-11-44(12-3-1)46-23-29-50(30-24-46)55-17-9-18-59(43-55)65(58-39-35-51(36-40-58)60-20-10-22-63-64(60)61-19-6-7-21-62(61)66-63)57-37-33-48(34-38-57)47-25-27-49(28-26-47)53-15-8-16-54(41-53)56-32-31-45-13-4-5-14-52(45)42-56/h1-43H. The third-order valence-corrected chi connectivity index (χ3v) is 12.9. The predicted octanol–water partition coefficient (Wildman–Crippen LogP) is 18.2. The molecule has 2 nitrogen and oxygen atoms in total. The summed E-state index contributed by atoms with van der Waals surface area (Å²) in [6, 6.07) is 93.9. The van der Waals surface area contributed by atoms with Gasteiger partial charge in [-0.15, -0.1) is 0 Å². The summed E-state index contributed by atoms with van der Waals surface area (Å²) in [4.78, 5) is 2.36. The highest BCUT2D eigenvalue weighted by Crippen LogP contribution is 2.41. The second kappa shape index (κ2) is 16.8. The average Bonchev–Trinajstić information content (AvgIpc) is 3.79. The largest absolute Gasteiger partial charge is 0.456 e. The van der Waals surface area contributed by atoms with Crippen LogP contribution < -0.4 is 4.90 Å². The number of rotatable bonds is 9. The minimum absolute atomic E-state index is 0.897. The van der Waals surface area contributed by atoms with Crippen molar-refractivity contribution in [2.45, 2.75) is 0 Å². The van der Waals surface area contributed by atoms with Crippen LogP contribution in [0.1, 0.15) is 0 Å². The molecule has 0 aliphatic heterocycles. The molecule has 12 rings (SSSR count). The molecule has 1 aromatic heterocycles. The van der Waals surface area contributed by atoms with Gasteiger partial charge in [-0.05, 0) is 138 Å². The van der Waals surface area contributed by atoms with Crippen LogP contribution in [-0.2, 0) is 0 Å². The molecule has 0 aliphatic rings. The van der Waals surface area contributed by atoms with Crippen molar-refractivity contribution in [1.29, 1.82) is 0 Å². The zero-order chi connectivity index (χ0) is 43.8. The van der Waals surface area contributed by atoms with Crippen molar-refractivity contribution >= 4 is 49.8 Å². The first-order valence-corrected chi connectivity index (χ1v) is 22.6. The lowest BCUT2D eigenvalue weighted by Crippen LogP contribution is -2.10. The van der Waals surface area contributed by atoms with E-state index in [-0.39, 0.29) is 0 Å². The van der Waals surface area contributed by atoms with Gasteiger partial charge < -0.3 is 9.32 Å². The van der Waals surface area contributed by atoms with Crippen LogP contribution in [0.5, 0.6) is 0 Å². The lowest BCUT2D eigenvalue weighted by Gasteiger charge is -2.26. The molecule has 66 heavy (non-hydrogen) atoms. The summed E-state index contributed by atoms with van der Waals surface area (Å²) in [5.41, 5.74) is 19.3. The van der Waals surface area contributed by atoms with Gasteiger partial charge in [0.25, 0.3) is 0 Å². The van der Waals surface area contributed by atoms with E-state index in [0.29, 0.717) is 0 Å². The number of furan rings is 1. The van der Waals surface area contributed by atoms with E-state index in [9.17, 15) is 0 Å². The van der Waals surface area contributed by atoms with Gasteiger partial charge in [-0.3, -0.25) is 0 Å². The van der Waals surface area contributed by atoms with E-state index in [2.05, 4.69) is 254 Å². The van der Waals surface area contributed by atoms with Crippen molar-refractivity contribution in [2.75, 3.05) is 4.90 Å². The maximum atomic E-state index is 6.26. The fourth-order valence-corrected chi connectivity index (χ4v) is 9.47. The normalized spacial score (nSPS) is 11.3. The van der Waals surface area contributed by atoms with E-state index < -0.39 is 0 Å². The number of para-hydroxylation sites is 1. The molecule has 0 radical (unpaired) electrons. The second-order valence-corrected chi connectivity index (χ2v) is 16.9. The Morgan fingerprint density at radius 1 is 0.242 bits per heavy atom. The molecule has 0 N–H and O–H groups in total. The van der Waals surface area contributed by atoms with E-state index in [4.69, 9.17) is 4.42 Å². The molecule has 0 spiro atoms. The van der Waals surface area contributed by atoms with Gasteiger partial charge in [0.1, 0.15) is 11.2 Å². The molecule has 1 heterocycles. The third kappa shape index (κ3) is 7.41. The van der Waals surface area contributed by atoms with Gasteiger partial charge in [-0.1, -0.05) is 200 Å². The van der Waals surface area contributed by atoms with Crippen molar-refractivity contribution in [3.05, 3.63) is 261 Å². The van der Waals surface area contributed by atoms with Crippen LogP contribution in [0.15, 0.2) is 265 Å². The van der Waals surface area contributed by atoms with Gasteiger partial charge in [0.15, 0.2) is 0 Å². The Labute approximate surface area is 384 Å².